The molecule has 1 heteroatoms. The van der Waals surface area contributed by atoms with Gasteiger partial charge < -0.3 is 5.32 Å². The molecule has 0 unspecified atom stereocenters. The Morgan fingerprint density at radius 1 is 0.867 bits per heavy atom. The minimum atomic E-state index is 0.622. The van der Waals surface area contributed by atoms with Gasteiger partial charge in [-0.25, -0.2) is 0 Å². The fourth-order valence-corrected chi connectivity index (χ4v) is 5.01. The summed E-state index contributed by atoms with van der Waals surface area (Å²) in [5.74, 6) is 4.35. The van der Waals surface area contributed by atoms with Crippen LogP contribution in [0.15, 0.2) is 0 Å². The van der Waals surface area contributed by atoms with Crippen molar-refractivity contribution in [2.45, 2.75) is 56.9 Å². The van der Waals surface area contributed by atoms with Crippen molar-refractivity contribution in [3.63, 3.8) is 0 Å². The lowest BCUT2D eigenvalue weighted by Gasteiger charge is -2.57. The van der Waals surface area contributed by atoms with Gasteiger partial charge in [-0.05, 0) is 81.6 Å². The predicted molar refractivity (Wildman–Crippen MR) is 61.6 cm³/mol. The van der Waals surface area contributed by atoms with Crippen LogP contribution < -0.4 is 5.32 Å². The molecule has 5 saturated carbocycles. The van der Waals surface area contributed by atoms with Crippen molar-refractivity contribution in [2.24, 2.45) is 23.7 Å². The first kappa shape index (κ1) is 9.04. The Morgan fingerprint density at radius 2 is 1.40 bits per heavy atom. The van der Waals surface area contributed by atoms with E-state index >= 15 is 0 Å². The number of nitrogens with one attached hydrogen (secondary N) is 1. The molecule has 0 saturated heterocycles. The zero-order valence-electron chi connectivity index (χ0n) is 9.67. The highest BCUT2D eigenvalue weighted by atomic mass is 15.0. The average molecular weight is 205 g/mol. The SMILES string of the molecule is C1CC1CNC12CC3CC(CC(C3)C1)C2. The number of hydrogen-bond acceptors (Lipinski definition) is 1. The molecule has 0 aromatic carbocycles. The van der Waals surface area contributed by atoms with Crippen LogP contribution in [0.3, 0.4) is 0 Å². The van der Waals surface area contributed by atoms with E-state index in [4.69, 9.17) is 0 Å². The summed E-state index contributed by atoms with van der Waals surface area (Å²) in [6.07, 6.45) is 12.3. The molecule has 0 atom stereocenters. The van der Waals surface area contributed by atoms with Crippen molar-refractivity contribution in [3.05, 3.63) is 0 Å². The third kappa shape index (κ3) is 1.54. The highest BCUT2D eigenvalue weighted by molar-refractivity contribution is 5.06. The molecule has 0 spiro atoms. The Morgan fingerprint density at radius 3 is 1.87 bits per heavy atom. The maximum atomic E-state index is 3.99. The van der Waals surface area contributed by atoms with E-state index in [2.05, 4.69) is 5.32 Å². The van der Waals surface area contributed by atoms with Gasteiger partial charge in [-0.3, -0.25) is 0 Å². The van der Waals surface area contributed by atoms with Crippen LogP contribution in [0.5, 0.6) is 0 Å². The first-order valence-corrected chi connectivity index (χ1v) is 7.06. The van der Waals surface area contributed by atoms with Crippen LogP contribution in [0.2, 0.25) is 0 Å². The molecule has 0 aromatic heterocycles. The fraction of sp³-hybridized carbons (Fsp3) is 1.00. The second-order valence-electron chi connectivity index (χ2n) is 7.02. The van der Waals surface area contributed by atoms with E-state index in [1.165, 1.54) is 38.6 Å². The average Bonchev–Trinajstić information content (AvgIpc) is 2.95. The highest BCUT2D eigenvalue weighted by Gasteiger charge is 2.50. The van der Waals surface area contributed by atoms with Crippen LogP contribution in [0.25, 0.3) is 0 Å². The van der Waals surface area contributed by atoms with Crippen molar-refractivity contribution in [1.29, 1.82) is 0 Å². The van der Waals surface area contributed by atoms with E-state index in [9.17, 15) is 0 Å². The van der Waals surface area contributed by atoms with Crippen LogP contribution in [0.1, 0.15) is 51.4 Å². The largest absolute Gasteiger partial charge is 0.311 e. The van der Waals surface area contributed by atoms with Gasteiger partial charge in [0, 0.05) is 5.54 Å². The highest BCUT2D eigenvalue weighted by Crippen LogP contribution is 2.55. The summed E-state index contributed by atoms with van der Waals surface area (Å²) in [4.78, 5) is 0. The number of hydrogen-bond donors (Lipinski definition) is 1. The lowest BCUT2D eigenvalue weighted by atomic mass is 9.53. The van der Waals surface area contributed by atoms with Crippen LogP contribution >= 0.6 is 0 Å². The van der Waals surface area contributed by atoms with Gasteiger partial charge in [0.15, 0.2) is 0 Å². The van der Waals surface area contributed by atoms with E-state index < -0.39 is 0 Å². The van der Waals surface area contributed by atoms with Crippen LogP contribution in [0.4, 0.5) is 0 Å². The molecule has 84 valence electrons. The van der Waals surface area contributed by atoms with Gasteiger partial charge in [-0.2, -0.15) is 0 Å². The van der Waals surface area contributed by atoms with Gasteiger partial charge in [-0.1, -0.05) is 0 Å². The Kier molecular flexibility index (Phi) is 1.81. The Balaban J connectivity index is 1.50. The minimum absolute atomic E-state index is 0.622. The normalized spacial score (nSPS) is 52.4. The van der Waals surface area contributed by atoms with Gasteiger partial charge in [0.25, 0.3) is 0 Å². The number of rotatable bonds is 3. The molecule has 5 aliphatic carbocycles. The predicted octanol–water partition coefficient (Wildman–Crippen LogP) is 2.95. The minimum Gasteiger partial charge on any atom is -0.311 e. The quantitative estimate of drug-likeness (QED) is 0.747. The molecule has 0 aromatic rings. The van der Waals surface area contributed by atoms with E-state index in [0.717, 1.165) is 23.7 Å². The summed E-state index contributed by atoms with van der Waals surface area (Å²) in [6.45, 7) is 1.34. The maximum absolute atomic E-state index is 3.99. The van der Waals surface area contributed by atoms with E-state index in [0.29, 0.717) is 5.54 Å². The van der Waals surface area contributed by atoms with E-state index in [1.807, 2.05) is 0 Å². The molecular formula is C14H23N. The molecule has 0 heterocycles. The smallest absolute Gasteiger partial charge is 0.0189 e. The second kappa shape index (κ2) is 3.00. The molecule has 1 N–H and O–H groups in total. The van der Waals surface area contributed by atoms with Gasteiger partial charge in [0.2, 0.25) is 0 Å². The van der Waals surface area contributed by atoms with Gasteiger partial charge >= 0.3 is 0 Å². The molecule has 0 amide bonds. The van der Waals surface area contributed by atoms with Gasteiger partial charge in [-0.15, -0.1) is 0 Å². The third-order valence-corrected chi connectivity index (χ3v) is 5.50. The maximum Gasteiger partial charge on any atom is 0.0189 e. The summed E-state index contributed by atoms with van der Waals surface area (Å²) in [5.41, 5.74) is 0.622. The van der Waals surface area contributed by atoms with Crippen molar-refractivity contribution in [1.82, 2.24) is 5.32 Å². The molecule has 5 aliphatic rings. The third-order valence-electron chi connectivity index (χ3n) is 5.50. The fourth-order valence-electron chi connectivity index (χ4n) is 5.01. The first-order chi connectivity index (χ1) is 7.31. The first-order valence-electron chi connectivity index (χ1n) is 7.06. The Labute approximate surface area is 93.0 Å². The molecular weight excluding hydrogens is 182 g/mol. The van der Waals surface area contributed by atoms with Crippen LogP contribution in [-0.2, 0) is 0 Å². The van der Waals surface area contributed by atoms with Gasteiger partial charge in [0.05, 0.1) is 0 Å². The molecule has 0 aliphatic heterocycles. The van der Waals surface area contributed by atoms with Crippen molar-refractivity contribution < 1.29 is 0 Å². The lowest BCUT2D eigenvalue weighted by Crippen LogP contribution is -2.58. The Bertz CT molecular complexity index is 231. The molecule has 15 heavy (non-hydrogen) atoms. The molecule has 1 nitrogen and oxygen atoms in total. The van der Waals surface area contributed by atoms with Crippen molar-refractivity contribution in [2.75, 3.05) is 6.54 Å². The molecule has 5 fully saturated rings. The summed E-state index contributed by atoms with van der Waals surface area (Å²) >= 11 is 0. The van der Waals surface area contributed by atoms with Crippen molar-refractivity contribution >= 4 is 0 Å². The Hall–Kier alpha value is -0.0400. The molecule has 0 radical (unpaired) electrons. The van der Waals surface area contributed by atoms with Crippen LogP contribution in [0, 0.1) is 23.7 Å². The molecule has 4 bridgehead atoms. The summed E-state index contributed by atoms with van der Waals surface area (Å²) in [7, 11) is 0. The molecule has 5 rings (SSSR count). The zero-order chi connectivity index (χ0) is 9.88. The van der Waals surface area contributed by atoms with Crippen LogP contribution in [-0.4, -0.2) is 12.1 Å². The summed E-state index contributed by atoms with van der Waals surface area (Å²) in [5, 5.41) is 3.99. The van der Waals surface area contributed by atoms with E-state index in [-0.39, 0.29) is 0 Å². The topological polar surface area (TPSA) is 12.0 Å². The summed E-state index contributed by atoms with van der Waals surface area (Å²) < 4.78 is 0. The standard InChI is InChI=1S/C14H23N/c1-2-10(1)9-15-14-6-11-3-12(7-14)5-13(4-11)8-14/h10-13,15H,1-9H2. The monoisotopic (exact) mass is 205 g/mol. The van der Waals surface area contributed by atoms with Gasteiger partial charge in [0.1, 0.15) is 0 Å². The second-order valence-corrected chi connectivity index (χ2v) is 7.02. The lowest BCUT2D eigenvalue weighted by molar-refractivity contribution is -0.0200. The summed E-state index contributed by atoms with van der Waals surface area (Å²) in [6, 6.07) is 0. The van der Waals surface area contributed by atoms with E-state index in [1.54, 1.807) is 19.3 Å². The van der Waals surface area contributed by atoms with Crippen molar-refractivity contribution in [3.8, 4) is 0 Å². The zero-order valence-corrected chi connectivity index (χ0v) is 9.67.